The van der Waals surface area contributed by atoms with E-state index in [1.54, 1.807) is 6.26 Å². The van der Waals surface area contributed by atoms with Gasteiger partial charge in [-0.05, 0) is 25.5 Å². The Labute approximate surface area is 95.3 Å². The molecule has 0 bridgehead atoms. The summed E-state index contributed by atoms with van der Waals surface area (Å²) < 4.78 is 5.30. The second-order valence-electron chi connectivity index (χ2n) is 3.80. The Morgan fingerprint density at radius 1 is 1.69 bits per heavy atom. The van der Waals surface area contributed by atoms with Gasteiger partial charge in [0.15, 0.2) is 0 Å². The maximum absolute atomic E-state index is 8.51. The smallest absolute Gasteiger partial charge is 0.140 e. The van der Waals surface area contributed by atoms with Crippen LogP contribution in [0.25, 0.3) is 0 Å². The number of hydrogen-bond acceptors (Lipinski definition) is 4. The first-order valence-electron chi connectivity index (χ1n) is 5.43. The van der Waals surface area contributed by atoms with Crippen LogP contribution in [-0.4, -0.2) is 17.1 Å². The summed E-state index contributed by atoms with van der Waals surface area (Å²) in [5.41, 5.74) is 5.48. The molecule has 1 aromatic heterocycles. The quantitative estimate of drug-likeness (QED) is 0.298. The fourth-order valence-electron chi connectivity index (χ4n) is 1.59. The Balaban J connectivity index is 2.50. The number of furan rings is 1. The minimum atomic E-state index is 0.117. The molecule has 2 atom stereocenters. The number of amidine groups is 1. The van der Waals surface area contributed by atoms with Gasteiger partial charge in [-0.3, -0.25) is 0 Å². The molecule has 1 aromatic rings. The molecule has 0 saturated heterocycles. The van der Waals surface area contributed by atoms with E-state index in [1.165, 1.54) is 0 Å². The molecule has 5 nitrogen and oxygen atoms in total. The second kappa shape index (κ2) is 6.17. The highest BCUT2D eigenvalue weighted by Gasteiger charge is 2.14. The number of rotatable bonds is 6. The van der Waals surface area contributed by atoms with E-state index in [1.807, 2.05) is 19.1 Å². The van der Waals surface area contributed by atoms with Gasteiger partial charge in [-0.15, -0.1) is 0 Å². The summed E-state index contributed by atoms with van der Waals surface area (Å²) in [6.45, 7) is 4.07. The summed E-state index contributed by atoms with van der Waals surface area (Å²) in [6.07, 6.45) is 3.08. The van der Waals surface area contributed by atoms with E-state index in [9.17, 15) is 0 Å². The first kappa shape index (κ1) is 12.6. The monoisotopic (exact) mass is 225 g/mol. The number of nitrogens with one attached hydrogen (secondary N) is 1. The molecule has 16 heavy (non-hydrogen) atoms. The van der Waals surface area contributed by atoms with Crippen molar-refractivity contribution >= 4 is 5.84 Å². The van der Waals surface area contributed by atoms with Crippen molar-refractivity contribution < 1.29 is 9.62 Å². The van der Waals surface area contributed by atoms with E-state index >= 15 is 0 Å². The highest BCUT2D eigenvalue weighted by molar-refractivity contribution is 5.80. The molecule has 0 aliphatic heterocycles. The van der Waals surface area contributed by atoms with E-state index in [2.05, 4.69) is 17.4 Å². The minimum Gasteiger partial charge on any atom is -0.468 e. The zero-order chi connectivity index (χ0) is 12.0. The number of oxime groups is 1. The first-order valence-corrected chi connectivity index (χ1v) is 5.43. The molecule has 0 aliphatic rings. The first-order chi connectivity index (χ1) is 7.67. The summed E-state index contributed by atoms with van der Waals surface area (Å²) in [5.74, 6) is 1.13. The minimum absolute atomic E-state index is 0.117. The molecule has 0 spiro atoms. The van der Waals surface area contributed by atoms with Gasteiger partial charge in [0, 0.05) is 12.5 Å². The maximum Gasteiger partial charge on any atom is 0.140 e. The Kier molecular flexibility index (Phi) is 4.85. The van der Waals surface area contributed by atoms with Crippen LogP contribution in [0.2, 0.25) is 0 Å². The molecular formula is C11H19N3O2. The molecule has 0 radical (unpaired) electrons. The molecule has 1 rings (SSSR count). The lowest BCUT2D eigenvalue weighted by molar-refractivity contribution is 0.314. The third-order valence-corrected chi connectivity index (χ3v) is 2.53. The van der Waals surface area contributed by atoms with Crippen LogP contribution in [-0.2, 0) is 0 Å². The largest absolute Gasteiger partial charge is 0.468 e. The zero-order valence-corrected chi connectivity index (χ0v) is 9.68. The van der Waals surface area contributed by atoms with Crippen LogP contribution < -0.4 is 11.1 Å². The summed E-state index contributed by atoms with van der Waals surface area (Å²) >= 11 is 0. The summed E-state index contributed by atoms with van der Waals surface area (Å²) in [7, 11) is 0. The van der Waals surface area contributed by atoms with E-state index in [4.69, 9.17) is 15.4 Å². The molecule has 0 aromatic carbocycles. The third kappa shape index (κ3) is 3.58. The molecule has 5 heteroatoms. The fraction of sp³-hybridized carbons (Fsp3) is 0.545. The lowest BCUT2D eigenvalue weighted by atomic mass is 10.1. The van der Waals surface area contributed by atoms with E-state index in [0.717, 1.165) is 12.2 Å². The fourth-order valence-corrected chi connectivity index (χ4v) is 1.59. The van der Waals surface area contributed by atoms with Crippen molar-refractivity contribution in [3.63, 3.8) is 0 Å². The topological polar surface area (TPSA) is 83.8 Å². The molecule has 0 aliphatic carbocycles. The van der Waals surface area contributed by atoms with Gasteiger partial charge in [-0.1, -0.05) is 12.1 Å². The normalized spacial score (nSPS) is 16.0. The van der Waals surface area contributed by atoms with Gasteiger partial charge in [0.25, 0.3) is 0 Å². The van der Waals surface area contributed by atoms with Crippen molar-refractivity contribution in [1.29, 1.82) is 0 Å². The number of hydrogen-bond donors (Lipinski definition) is 3. The summed E-state index contributed by atoms with van der Waals surface area (Å²) in [4.78, 5) is 0. The van der Waals surface area contributed by atoms with Crippen LogP contribution in [0.1, 0.15) is 38.5 Å². The van der Waals surface area contributed by atoms with Crippen LogP contribution in [0.15, 0.2) is 28.0 Å². The van der Waals surface area contributed by atoms with Gasteiger partial charge in [0.2, 0.25) is 0 Å². The molecule has 0 fully saturated rings. The van der Waals surface area contributed by atoms with Crippen LogP contribution in [0, 0.1) is 0 Å². The summed E-state index contributed by atoms with van der Waals surface area (Å²) in [6, 6.07) is 4.08. The zero-order valence-electron chi connectivity index (χ0n) is 9.68. The van der Waals surface area contributed by atoms with Gasteiger partial charge in [0.1, 0.15) is 11.6 Å². The van der Waals surface area contributed by atoms with Gasteiger partial charge < -0.3 is 20.7 Å². The predicted molar refractivity (Wildman–Crippen MR) is 62.4 cm³/mol. The lowest BCUT2D eigenvalue weighted by Gasteiger charge is -2.20. The lowest BCUT2D eigenvalue weighted by Crippen LogP contribution is -2.34. The molecule has 1 heterocycles. The van der Waals surface area contributed by atoms with Crippen molar-refractivity contribution in [2.24, 2.45) is 10.9 Å². The SMILES string of the molecule is CCC(C/C(N)=N/O)N[C@H](C)c1ccco1. The Hall–Kier alpha value is -1.49. The average Bonchev–Trinajstić information content (AvgIpc) is 2.81. The molecular weight excluding hydrogens is 206 g/mol. The highest BCUT2D eigenvalue weighted by atomic mass is 16.4. The van der Waals surface area contributed by atoms with Crippen molar-refractivity contribution in [1.82, 2.24) is 5.32 Å². The van der Waals surface area contributed by atoms with Crippen LogP contribution in [0.3, 0.4) is 0 Å². The van der Waals surface area contributed by atoms with E-state index in [0.29, 0.717) is 6.42 Å². The second-order valence-corrected chi connectivity index (χ2v) is 3.80. The molecule has 0 amide bonds. The van der Waals surface area contributed by atoms with Gasteiger partial charge in [0.05, 0.1) is 12.3 Å². The van der Waals surface area contributed by atoms with Crippen molar-refractivity contribution in [2.45, 2.75) is 38.8 Å². The van der Waals surface area contributed by atoms with Crippen molar-refractivity contribution in [2.75, 3.05) is 0 Å². The Bertz CT molecular complexity index is 322. The van der Waals surface area contributed by atoms with Crippen LogP contribution in [0.5, 0.6) is 0 Å². The molecule has 90 valence electrons. The highest BCUT2D eigenvalue weighted by Crippen LogP contribution is 2.14. The average molecular weight is 225 g/mol. The molecule has 0 saturated carbocycles. The predicted octanol–water partition coefficient (Wildman–Crippen LogP) is 1.85. The van der Waals surface area contributed by atoms with Crippen LogP contribution in [0.4, 0.5) is 0 Å². The number of nitrogens with two attached hydrogens (primary N) is 1. The third-order valence-electron chi connectivity index (χ3n) is 2.53. The van der Waals surface area contributed by atoms with Crippen LogP contribution >= 0.6 is 0 Å². The Morgan fingerprint density at radius 3 is 2.94 bits per heavy atom. The van der Waals surface area contributed by atoms with E-state index in [-0.39, 0.29) is 17.9 Å². The van der Waals surface area contributed by atoms with Gasteiger partial charge >= 0.3 is 0 Å². The molecule has 4 N–H and O–H groups in total. The standard InChI is InChI=1S/C11H19N3O2/c1-3-9(7-11(12)14-15)13-8(2)10-5-4-6-16-10/h4-6,8-9,13,15H,3,7H2,1-2H3,(H2,12,14)/t8-,9?/m1/s1. The van der Waals surface area contributed by atoms with Gasteiger partial charge in [-0.25, -0.2) is 0 Å². The van der Waals surface area contributed by atoms with Crippen molar-refractivity contribution in [3.8, 4) is 0 Å². The van der Waals surface area contributed by atoms with Gasteiger partial charge in [-0.2, -0.15) is 0 Å². The van der Waals surface area contributed by atoms with E-state index < -0.39 is 0 Å². The molecule has 1 unspecified atom stereocenters. The maximum atomic E-state index is 8.51. The Morgan fingerprint density at radius 2 is 2.44 bits per heavy atom. The summed E-state index contributed by atoms with van der Waals surface area (Å²) in [5, 5.41) is 14.9. The number of nitrogens with zero attached hydrogens (tertiary/aromatic N) is 1. The van der Waals surface area contributed by atoms with Crippen molar-refractivity contribution in [3.05, 3.63) is 24.2 Å².